The fourth-order valence-electron chi connectivity index (χ4n) is 2.49. The number of nitriles is 1. The molecular formula is C20H16BrN3O3. The number of fused-ring (bicyclic) bond motifs is 1. The molecule has 3 rings (SSSR count). The largest absolute Gasteiger partial charge is 0.481 e. The molecule has 0 amide bonds. The predicted molar refractivity (Wildman–Crippen MR) is 106 cm³/mol. The first kappa shape index (κ1) is 18.7. The average molecular weight is 426 g/mol. The zero-order chi connectivity index (χ0) is 19.4. The maximum absolute atomic E-state index is 11.2. The molecule has 7 heteroatoms. The van der Waals surface area contributed by atoms with Crippen LogP contribution in [-0.4, -0.2) is 29.7 Å². The number of H-pyrrole nitrogens is 1. The molecule has 0 aliphatic heterocycles. The molecule has 0 unspecified atom stereocenters. The van der Waals surface area contributed by atoms with Gasteiger partial charge in [-0.1, -0.05) is 12.1 Å². The Morgan fingerprint density at radius 1 is 1.33 bits per heavy atom. The number of nitrogens with zero attached hydrogens (tertiary/aromatic N) is 2. The topological polar surface area (TPSA) is 88.0 Å². The lowest BCUT2D eigenvalue weighted by Crippen LogP contribution is -2.12. The van der Waals surface area contributed by atoms with E-state index in [0.29, 0.717) is 21.6 Å². The summed E-state index contributed by atoms with van der Waals surface area (Å²) in [5, 5.41) is 9.55. The Labute approximate surface area is 164 Å². The van der Waals surface area contributed by atoms with Crippen molar-refractivity contribution >= 4 is 44.6 Å². The summed E-state index contributed by atoms with van der Waals surface area (Å²) in [4.78, 5) is 18.8. The number of allylic oxidation sites excluding steroid dienone is 1. The molecule has 0 radical (unpaired) electrons. The number of hydrogen-bond acceptors (Lipinski definition) is 5. The first-order valence-electron chi connectivity index (χ1n) is 8.08. The number of carbonyl (C=O) groups is 1. The Balaban J connectivity index is 1.87. The third-order valence-electron chi connectivity index (χ3n) is 3.85. The van der Waals surface area contributed by atoms with Gasteiger partial charge in [-0.05, 0) is 64.3 Å². The fraction of sp³-hybridized carbons (Fsp3) is 0.150. The van der Waals surface area contributed by atoms with Crippen LogP contribution in [-0.2, 0) is 9.53 Å². The van der Waals surface area contributed by atoms with E-state index in [0.717, 1.165) is 22.2 Å². The van der Waals surface area contributed by atoms with E-state index in [4.69, 9.17) is 4.74 Å². The Bertz CT molecular complexity index is 1080. The Kier molecular flexibility index (Phi) is 5.57. The van der Waals surface area contributed by atoms with Crippen LogP contribution in [0.25, 0.3) is 22.7 Å². The van der Waals surface area contributed by atoms with Crippen molar-refractivity contribution in [2.24, 2.45) is 0 Å². The van der Waals surface area contributed by atoms with Crippen molar-refractivity contribution in [3.63, 3.8) is 0 Å². The zero-order valence-electron chi connectivity index (χ0n) is 14.7. The first-order chi connectivity index (χ1) is 13.0. The SMILES string of the molecule is COC(=O)COc1ccc(/C=C(/C#N)c2nc3ccc(C)cc3[nH]2)cc1Br. The number of benzene rings is 2. The van der Waals surface area contributed by atoms with Crippen LogP contribution in [0.3, 0.4) is 0 Å². The van der Waals surface area contributed by atoms with Crippen LogP contribution in [0.1, 0.15) is 17.0 Å². The molecule has 0 saturated heterocycles. The monoisotopic (exact) mass is 425 g/mol. The number of rotatable bonds is 5. The summed E-state index contributed by atoms with van der Waals surface area (Å²) in [5.41, 5.74) is 4.02. The molecule has 6 nitrogen and oxygen atoms in total. The summed E-state index contributed by atoms with van der Waals surface area (Å²) in [7, 11) is 1.30. The van der Waals surface area contributed by atoms with E-state index in [9.17, 15) is 10.1 Å². The summed E-state index contributed by atoms with van der Waals surface area (Å²) in [6.45, 7) is 1.83. The molecule has 0 aliphatic carbocycles. The van der Waals surface area contributed by atoms with E-state index in [-0.39, 0.29) is 6.61 Å². The molecule has 136 valence electrons. The molecule has 0 fully saturated rings. The molecule has 0 bridgehead atoms. The van der Waals surface area contributed by atoms with E-state index in [2.05, 4.69) is 36.7 Å². The molecule has 2 aromatic carbocycles. The summed E-state index contributed by atoms with van der Waals surface area (Å²) >= 11 is 3.41. The molecule has 0 atom stereocenters. The van der Waals surface area contributed by atoms with Gasteiger partial charge < -0.3 is 14.5 Å². The lowest BCUT2D eigenvalue weighted by molar-refractivity contribution is -0.142. The Morgan fingerprint density at radius 3 is 2.85 bits per heavy atom. The van der Waals surface area contributed by atoms with Crippen molar-refractivity contribution in [2.45, 2.75) is 6.92 Å². The number of carbonyl (C=O) groups excluding carboxylic acids is 1. The lowest BCUT2D eigenvalue weighted by Gasteiger charge is -2.07. The van der Waals surface area contributed by atoms with Crippen LogP contribution in [0, 0.1) is 18.3 Å². The number of hydrogen-bond donors (Lipinski definition) is 1. The van der Waals surface area contributed by atoms with Gasteiger partial charge in [0.1, 0.15) is 17.6 Å². The maximum Gasteiger partial charge on any atom is 0.343 e. The molecule has 3 aromatic rings. The third kappa shape index (κ3) is 4.36. The maximum atomic E-state index is 11.2. The predicted octanol–water partition coefficient (Wildman–Crippen LogP) is 4.25. The van der Waals surface area contributed by atoms with Gasteiger partial charge in [-0.3, -0.25) is 0 Å². The number of imidazole rings is 1. The van der Waals surface area contributed by atoms with Crippen molar-refractivity contribution in [2.75, 3.05) is 13.7 Å². The average Bonchev–Trinajstić information content (AvgIpc) is 3.07. The third-order valence-corrected chi connectivity index (χ3v) is 4.47. The van der Waals surface area contributed by atoms with Crippen LogP contribution < -0.4 is 4.74 Å². The van der Waals surface area contributed by atoms with Gasteiger partial charge in [-0.15, -0.1) is 0 Å². The van der Waals surface area contributed by atoms with E-state index < -0.39 is 5.97 Å². The minimum Gasteiger partial charge on any atom is -0.481 e. The smallest absolute Gasteiger partial charge is 0.343 e. The van der Waals surface area contributed by atoms with Crippen LogP contribution in [0.15, 0.2) is 40.9 Å². The van der Waals surface area contributed by atoms with E-state index in [1.807, 2.05) is 25.1 Å². The number of aryl methyl sites for hydroxylation is 1. The summed E-state index contributed by atoms with van der Waals surface area (Å²) in [6, 6.07) is 13.4. The Hall–Kier alpha value is -3.11. The number of aromatic nitrogens is 2. The number of methoxy groups -OCH3 is 1. The summed E-state index contributed by atoms with van der Waals surface area (Å²) in [6.07, 6.45) is 1.74. The van der Waals surface area contributed by atoms with Gasteiger partial charge in [-0.2, -0.15) is 5.26 Å². The second kappa shape index (κ2) is 8.06. The zero-order valence-corrected chi connectivity index (χ0v) is 16.3. The minimum absolute atomic E-state index is 0.174. The highest BCUT2D eigenvalue weighted by Gasteiger charge is 2.10. The standard InChI is InChI=1S/C20H16BrN3O3/c1-12-3-5-16-17(7-12)24-20(23-16)14(10-22)8-13-4-6-18(15(21)9-13)27-11-19(25)26-2/h3-9H,11H2,1-2H3,(H,23,24)/b14-8-. The van der Waals surface area contributed by atoms with Crippen LogP contribution >= 0.6 is 15.9 Å². The highest BCUT2D eigenvalue weighted by molar-refractivity contribution is 9.10. The van der Waals surface area contributed by atoms with Gasteiger partial charge in [0.15, 0.2) is 6.61 Å². The number of esters is 1. The lowest BCUT2D eigenvalue weighted by atomic mass is 10.1. The molecule has 1 aromatic heterocycles. The quantitative estimate of drug-likeness (QED) is 0.487. The van der Waals surface area contributed by atoms with Crippen LogP contribution in [0.5, 0.6) is 5.75 Å². The van der Waals surface area contributed by atoms with Gasteiger partial charge in [0.2, 0.25) is 0 Å². The van der Waals surface area contributed by atoms with Gasteiger partial charge in [0.05, 0.1) is 28.2 Å². The molecule has 0 aliphatic rings. The Morgan fingerprint density at radius 2 is 2.15 bits per heavy atom. The van der Waals surface area contributed by atoms with E-state index >= 15 is 0 Å². The van der Waals surface area contributed by atoms with Gasteiger partial charge in [0.25, 0.3) is 0 Å². The van der Waals surface area contributed by atoms with Crippen LogP contribution in [0.2, 0.25) is 0 Å². The van der Waals surface area contributed by atoms with Crippen molar-refractivity contribution in [3.05, 3.63) is 57.8 Å². The highest BCUT2D eigenvalue weighted by atomic mass is 79.9. The summed E-state index contributed by atoms with van der Waals surface area (Å²) in [5.74, 6) is 0.563. The molecule has 27 heavy (non-hydrogen) atoms. The first-order valence-corrected chi connectivity index (χ1v) is 8.87. The van der Waals surface area contributed by atoms with Gasteiger partial charge >= 0.3 is 5.97 Å². The van der Waals surface area contributed by atoms with E-state index in [1.165, 1.54) is 7.11 Å². The number of nitrogens with one attached hydrogen (secondary N) is 1. The number of halogens is 1. The normalized spacial score (nSPS) is 11.3. The van der Waals surface area contributed by atoms with Crippen molar-refractivity contribution in [3.8, 4) is 11.8 Å². The minimum atomic E-state index is -0.460. The molecule has 0 saturated carbocycles. The van der Waals surface area contributed by atoms with Crippen molar-refractivity contribution < 1.29 is 14.3 Å². The van der Waals surface area contributed by atoms with Crippen molar-refractivity contribution in [1.29, 1.82) is 5.26 Å². The second-order valence-electron chi connectivity index (χ2n) is 5.83. The van der Waals surface area contributed by atoms with Crippen molar-refractivity contribution in [1.82, 2.24) is 9.97 Å². The van der Waals surface area contributed by atoms with Gasteiger partial charge in [-0.25, -0.2) is 9.78 Å². The molecule has 1 N–H and O–H groups in total. The fourth-order valence-corrected chi connectivity index (χ4v) is 3.00. The molecule has 1 heterocycles. The molecule has 0 spiro atoms. The summed E-state index contributed by atoms with van der Waals surface area (Å²) < 4.78 is 10.6. The second-order valence-corrected chi connectivity index (χ2v) is 6.68. The highest BCUT2D eigenvalue weighted by Crippen LogP contribution is 2.28. The van der Waals surface area contributed by atoms with Gasteiger partial charge in [0, 0.05) is 0 Å². The van der Waals surface area contributed by atoms with E-state index in [1.54, 1.807) is 24.3 Å². The number of aromatic amines is 1. The number of ether oxygens (including phenoxy) is 2. The van der Waals surface area contributed by atoms with Crippen LogP contribution in [0.4, 0.5) is 0 Å². The molecular weight excluding hydrogens is 410 g/mol.